The Balaban J connectivity index is 3.37. The van der Waals surface area contributed by atoms with Gasteiger partial charge in [0, 0.05) is 0 Å². The minimum atomic E-state index is -0.165. The Labute approximate surface area is 69.1 Å². The highest BCUT2D eigenvalue weighted by atomic mass is 17.2. The van der Waals surface area contributed by atoms with E-state index in [9.17, 15) is 0 Å². The molecule has 0 unspecified atom stereocenters. The summed E-state index contributed by atoms with van der Waals surface area (Å²) in [5.74, 6) is 0. The average Bonchev–Trinajstić information content (AvgIpc) is 1.99. The van der Waals surface area contributed by atoms with Gasteiger partial charge in [-0.25, -0.2) is 9.78 Å². The summed E-state index contributed by atoms with van der Waals surface area (Å²) in [6.07, 6.45) is 4.79. The Morgan fingerprint density at radius 2 is 2.00 bits per heavy atom. The third-order valence-electron chi connectivity index (χ3n) is 1.54. The molecule has 0 aromatic heterocycles. The van der Waals surface area contributed by atoms with Crippen molar-refractivity contribution in [1.29, 1.82) is 0 Å². The van der Waals surface area contributed by atoms with Crippen molar-refractivity contribution in [3.05, 3.63) is 12.2 Å². The topological polar surface area (TPSA) is 18.5 Å². The molecule has 0 radical (unpaired) electrons. The van der Waals surface area contributed by atoms with Crippen LogP contribution in [0.25, 0.3) is 0 Å². The highest BCUT2D eigenvalue weighted by Gasteiger charge is 2.15. The molecule has 0 atom stereocenters. The van der Waals surface area contributed by atoms with E-state index < -0.39 is 0 Å². The molecule has 0 aliphatic heterocycles. The zero-order valence-corrected chi connectivity index (χ0v) is 7.89. The Morgan fingerprint density at radius 1 is 1.36 bits per heavy atom. The van der Waals surface area contributed by atoms with Gasteiger partial charge in [-0.3, -0.25) is 0 Å². The van der Waals surface area contributed by atoms with Crippen LogP contribution in [-0.2, 0) is 9.78 Å². The monoisotopic (exact) mass is 158 g/mol. The minimum Gasteiger partial charge on any atom is -0.232 e. The van der Waals surface area contributed by atoms with E-state index in [1.807, 2.05) is 32.9 Å². The van der Waals surface area contributed by atoms with Crippen LogP contribution in [-0.4, -0.2) is 12.2 Å². The van der Waals surface area contributed by atoms with E-state index in [1.165, 1.54) is 0 Å². The van der Waals surface area contributed by atoms with Crippen LogP contribution in [0, 0.1) is 0 Å². The summed E-state index contributed by atoms with van der Waals surface area (Å²) in [5, 5.41) is 0. The first-order valence-corrected chi connectivity index (χ1v) is 4.04. The Kier molecular flexibility index (Phi) is 5.16. The number of allylic oxidation sites excluding steroid dienone is 1. The van der Waals surface area contributed by atoms with Crippen LogP contribution in [0.2, 0.25) is 0 Å². The van der Waals surface area contributed by atoms with E-state index in [-0.39, 0.29) is 5.60 Å². The van der Waals surface area contributed by atoms with Crippen LogP contribution in [0.5, 0.6) is 0 Å². The summed E-state index contributed by atoms with van der Waals surface area (Å²) in [4.78, 5) is 10.1. The van der Waals surface area contributed by atoms with Gasteiger partial charge in [-0.1, -0.05) is 19.1 Å². The molecule has 0 rings (SSSR count). The van der Waals surface area contributed by atoms with Crippen molar-refractivity contribution in [3.63, 3.8) is 0 Å². The molecule has 11 heavy (non-hydrogen) atoms. The van der Waals surface area contributed by atoms with Gasteiger partial charge in [0.15, 0.2) is 0 Å². The number of rotatable bonds is 5. The van der Waals surface area contributed by atoms with Crippen molar-refractivity contribution in [2.75, 3.05) is 6.61 Å². The molecule has 0 heterocycles. The third kappa shape index (κ3) is 6.07. The summed E-state index contributed by atoms with van der Waals surface area (Å²) < 4.78 is 0. The van der Waals surface area contributed by atoms with Crippen molar-refractivity contribution < 1.29 is 9.78 Å². The van der Waals surface area contributed by atoms with Crippen LogP contribution in [0.3, 0.4) is 0 Å². The van der Waals surface area contributed by atoms with Crippen LogP contribution in [0.1, 0.15) is 34.1 Å². The van der Waals surface area contributed by atoms with Crippen molar-refractivity contribution >= 4 is 0 Å². The minimum absolute atomic E-state index is 0.165. The second-order valence-corrected chi connectivity index (χ2v) is 3.05. The molecule has 0 spiro atoms. The molecule has 0 aliphatic rings. The van der Waals surface area contributed by atoms with Crippen LogP contribution in [0.15, 0.2) is 12.2 Å². The molecule has 2 nitrogen and oxygen atoms in total. The summed E-state index contributed by atoms with van der Waals surface area (Å²) in [7, 11) is 0. The molecule has 0 aromatic rings. The Morgan fingerprint density at radius 3 is 2.45 bits per heavy atom. The van der Waals surface area contributed by atoms with E-state index in [4.69, 9.17) is 9.78 Å². The van der Waals surface area contributed by atoms with E-state index in [2.05, 4.69) is 6.92 Å². The first-order valence-electron chi connectivity index (χ1n) is 4.04. The quantitative estimate of drug-likeness (QED) is 0.265. The molecule has 0 bridgehead atoms. The molecule has 0 amide bonds. The van der Waals surface area contributed by atoms with Crippen molar-refractivity contribution in [2.45, 2.75) is 39.7 Å². The lowest BCUT2D eigenvalue weighted by Gasteiger charge is -2.20. The van der Waals surface area contributed by atoms with Crippen molar-refractivity contribution in [3.8, 4) is 0 Å². The predicted molar refractivity (Wildman–Crippen MR) is 46.2 cm³/mol. The van der Waals surface area contributed by atoms with Gasteiger partial charge in [-0.2, -0.15) is 0 Å². The molecular weight excluding hydrogens is 140 g/mol. The maximum Gasteiger partial charge on any atom is 0.100 e. The highest BCUT2D eigenvalue weighted by molar-refractivity contribution is 4.75. The van der Waals surface area contributed by atoms with E-state index in [1.54, 1.807) is 0 Å². The van der Waals surface area contributed by atoms with E-state index in [0.29, 0.717) is 6.61 Å². The lowest BCUT2D eigenvalue weighted by molar-refractivity contribution is -0.347. The van der Waals surface area contributed by atoms with Gasteiger partial charge in [-0.15, -0.1) is 0 Å². The predicted octanol–water partition coefficient (Wildman–Crippen LogP) is 2.70. The molecule has 2 heteroatoms. The van der Waals surface area contributed by atoms with Gasteiger partial charge in [0.2, 0.25) is 0 Å². The molecule has 0 saturated heterocycles. The van der Waals surface area contributed by atoms with Gasteiger partial charge in [-0.05, 0) is 27.2 Å². The van der Waals surface area contributed by atoms with Gasteiger partial charge >= 0.3 is 0 Å². The summed E-state index contributed by atoms with van der Waals surface area (Å²) >= 11 is 0. The maximum atomic E-state index is 5.13. The number of hydrogen-bond acceptors (Lipinski definition) is 2. The molecular formula is C9H18O2. The Bertz CT molecular complexity index is 117. The molecule has 0 saturated carbocycles. The smallest absolute Gasteiger partial charge is 0.100 e. The summed E-state index contributed by atoms with van der Waals surface area (Å²) in [6, 6.07) is 0. The van der Waals surface area contributed by atoms with Gasteiger partial charge in [0.1, 0.15) is 6.61 Å². The van der Waals surface area contributed by atoms with Gasteiger partial charge in [0.05, 0.1) is 5.60 Å². The second-order valence-electron chi connectivity index (χ2n) is 3.05. The standard InChI is InChI=1S/C9H18O2/c1-5-7-8-10-11-9(3,4)6-2/h5,7H,6,8H2,1-4H3/b7-5+. The number of hydrogen-bond donors (Lipinski definition) is 0. The molecule has 0 aliphatic carbocycles. The van der Waals surface area contributed by atoms with Crippen molar-refractivity contribution in [1.82, 2.24) is 0 Å². The van der Waals surface area contributed by atoms with E-state index in [0.717, 1.165) is 6.42 Å². The lowest BCUT2D eigenvalue weighted by atomic mass is 10.1. The average molecular weight is 158 g/mol. The van der Waals surface area contributed by atoms with Gasteiger partial charge in [0.25, 0.3) is 0 Å². The second kappa shape index (κ2) is 5.33. The van der Waals surface area contributed by atoms with Crippen LogP contribution >= 0.6 is 0 Å². The molecule has 66 valence electrons. The SMILES string of the molecule is C/C=C/COOC(C)(C)CC. The fraction of sp³-hybridized carbons (Fsp3) is 0.778. The Hall–Kier alpha value is -0.340. The zero-order valence-electron chi connectivity index (χ0n) is 7.89. The summed E-state index contributed by atoms with van der Waals surface area (Å²) in [5.41, 5.74) is -0.165. The fourth-order valence-electron chi connectivity index (χ4n) is 0.388. The highest BCUT2D eigenvalue weighted by Crippen LogP contribution is 2.13. The van der Waals surface area contributed by atoms with Gasteiger partial charge < -0.3 is 0 Å². The first kappa shape index (κ1) is 10.7. The third-order valence-corrected chi connectivity index (χ3v) is 1.54. The normalized spacial score (nSPS) is 12.7. The maximum absolute atomic E-state index is 5.13. The van der Waals surface area contributed by atoms with Crippen LogP contribution in [0.4, 0.5) is 0 Å². The lowest BCUT2D eigenvalue weighted by Crippen LogP contribution is -2.23. The fourth-order valence-corrected chi connectivity index (χ4v) is 0.388. The summed E-state index contributed by atoms with van der Waals surface area (Å²) in [6.45, 7) is 8.55. The molecule has 0 aromatic carbocycles. The first-order chi connectivity index (χ1) is 5.12. The van der Waals surface area contributed by atoms with Crippen molar-refractivity contribution in [2.24, 2.45) is 0 Å². The largest absolute Gasteiger partial charge is 0.232 e. The zero-order chi connectivity index (χ0) is 8.74. The molecule has 0 fully saturated rings. The van der Waals surface area contributed by atoms with E-state index >= 15 is 0 Å². The molecule has 0 N–H and O–H groups in total. The van der Waals surface area contributed by atoms with Crippen LogP contribution < -0.4 is 0 Å².